The molecule has 0 unspecified atom stereocenters. The van der Waals surface area contributed by atoms with E-state index in [-0.39, 0.29) is 6.54 Å². The molecule has 154 valence electrons. The van der Waals surface area contributed by atoms with Crippen LogP contribution in [0.25, 0.3) is 11.2 Å². The second-order valence-electron chi connectivity index (χ2n) is 6.57. The quantitative estimate of drug-likeness (QED) is 0.263. The van der Waals surface area contributed by atoms with E-state index < -0.39 is 48.4 Å². The molecule has 7 N–H and O–H groups in total. The minimum absolute atomic E-state index is 0.0620. The van der Waals surface area contributed by atoms with Crippen LogP contribution in [0.5, 0.6) is 17.2 Å². The maximum absolute atomic E-state index is 10.2. The van der Waals surface area contributed by atoms with Gasteiger partial charge in [0.25, 0.3) is 0 Å². The lowest BCUT2D eigenvalue weighted by Gasteiger charge is -2.16. The molecular formula is C17H19N5O7. The highest BCUT2D eigenvalue weighted by Crippen LogP contribution is 2.37. The third-order valence-electron chi connectivity index (χ3n) is 4.81. The van der Waals surface area contributed by atoms with Crippen molar-refractivity contribution in [2.24, 2.45) is 0 Å². The highest BCUT2D eigenvalue weighted by molar-refractivity contribution is 5.82. The van der Waals surface area contributed by atoms with Gasteiger partial charge in [0, 0.05) is 12.1 Å². The third kappa shape index (κ3) is 3.17. The summed E-state index contributed by atoms with van der Waals surface area (Å²) in [5.41, 5.74) is 0.970. The van der Waals surface area contributed by atoms with Gasteiger partial charge >= 0.3 is 0 Å². The molecule has 1 aliphatic rings. The van der Waals surface area contributed by atoms with Gasteiger partial charge in [-0.3, -0.25) is 4.57 Å². The topological polar surface area (TPSA) is 186 Å². The van der Waals surface area contributed by atoms with Crippen LogP contribution in [-0.4, -0.2) is 75.1 Å². The van der Waals surface area contributed by atoms with Gasteiger partial charge in [-0.25, -0.2) is 15.0 Å². The summed E-state index contributed by atoms with van der Waals surface area (Å²) in [6.45, 7) is -0.390. The Balaban J connectivity index is 1.61. The van der Waals surface area contributed by atoms with E-state index in [9.17, 15) is 30.6 Å². The van der Waals surface area contributed by atoms with E-state index in [0.717, 1.165) is 0 Å². The zero-order chi connectivity index (χ0) is 20.7. The summed E-state index contributed by atoms with van der Waals surface area (Å²) in [6, 6.07) is 2.69. The van der Waals surface area contributed by atoms with Crippen LogP contribution in [0.4, 0.5) is 5.82 Å². The number of hydrogen-bond donors (Lipinski definition) is 7. The highest BCUT2D eigenvalue weighted by atomic mass is 16.6. The van der Waals surface area contributed by atoms with E-state index >= 15 is 0 Å². The Morgan fingerprint density at radius 2 is 1.83 bits per heavy atom. The van der Waals surface area contributed by atoms with Crippen molar-refractivity contribution in [2.75, 3.05) is 11.9 Å². The summed E-state index contributed by atoms with van der Waals surface area (Å²) in [5.74, 6) is -1.20. The maximum Gasteiger partial charge on any atom is 0.200 e. The van der Waals surface area contributed by atoms with E-state index in [1.54, 1.807) is 0 Å². The molecule has 12 nitrogen and oxygen atoms in total. The minimum atomic E-state index is -1.28. The first kappa shape index (κ1) is 19.1. The second kappa shape index (κ2) is 7.33. The SMILES string of the molecule is OC[C@H]1O[C@@H](n2cnc3c(NCc4ccc(O)c(O)c4O)ncnc32)[C@H](O)[C@@H]1O. The Morgan fingerprint density at radius 3 is 2.55 bits per heavy atom. The number of nitrogens with one attached hydrogen (secondary N) is 1. The number of ether oxygens (including phenoxy) is 1. The number of aromatic nitrogens is 4. The Labute approximate surface area is 163 Å². The fraction of sp³-hybridized carbons (Fsp3) is 0.353. The number of aliphatic hydroxyl groups excluding tert-OH is 3. The van der Waals surface area contributed by atoms with Gasteiger partial charge in [-0.05, 0) is 12.1 Å². The molecule has 3 aromatic rings. The van der Waals surface area contributed by atoms with Crippen LogP contribution in [-0.2, 0) is 11.3 Å². The Bertz CT molecular complexity index is 1040. The molecule has 1 aromatic carbocycles. The average molecular weight is 405 g/mol. The van der Waals surface area contributed by atoms with Crippen LogP contribution >= 0.6 is 0 Å². The number of fused-ring (bicyclic) bond motifs is 1. The molecule has 0 spiro atoms. The average Bonchev–Trinajstić information content (AvgIpc) is 3.27. The monoisotopic (exact) mass is 405 g/mol. The fourth-order valence-corrected chi connectivity index (χ4v) is 3.21. The van der Waals surface area contributed by atoms with E-state index in [0.29, 0.717) is 22.5 Å². The van der Waals surface area contributed by atoms with Crippen LogP contribution in [0.1, 0.15) is 11.8 Å². The molecule has 0 bridgehead atoms. The van der Waals surface area contributed by atoms with Crippen molar-refractivity contribution in [1.29, 1.82) is 0 Å². The highest BCUT2D eigenvalue weighted by Gasteiger charge is 2.44. The number of imidazole rings is 1. The molecule has 1 saturated heterocycles. The molecule has 0 saturated carbocycles. The molecule has 0 aliphatic carbocycles. The first-order chi connectivity index (χ1) is 13.9. The largest absolute Gasteiger partial charge is 0.504 e. The van der Waals surface area contributed by atoms with Crippen molar-refractivity contribution < 1.29 is 35.4 Å². The number of aromatic hydroxyl groups is 3. The van der Waals surface area contributed by atoms with Crippen molar-refractivity contribution in [1.82, 2.24) is 19.5 Å². The number of nitrogens with zero attached hydrogens (tertiary/aromatic N) is 4. The van der Waals surface area contributed by atoms with Gasteiger partial charge in [-0.1, -0.05) is 0 Å². The molecule has 29 heavy (non-hydrogen) atoms. The standard InChI is InChI=1S/C17H19N5O7/c23-4-9-13(27)14(28)17(29-9)22-6-21-10-15(19-5-20-16(10)22)18-3-7-1-2-8(24)12(26)11(7)25/h1-2,5-6,9,13-14,17,23-28H,3-4H2,(H,18,19,20)/t9-,13-,14-,17-/m1/s1. The number of hydrogen-bond acceptors (Lipinski definition) is 11. The lowest BCUT2D eigenvalue weighted by Crippen LogP contribution is -2.33. The number of phenols is 3. The molecule has 2 aromatic heterocycles. The van der Waals surface area contributed by atoms with Gasteiger partial charge in [-0.15, -0.1) is 0 Å². The number of aliphatic hydroxyl groups is 3. The van der Waals surface area contributed by atoms with Gasteiger partial charge in [-0.2, -0.15) is 0 Å². The zero-order valence-corrected chi connectivity index (χ0v) is 14.9. The van der Waals surface area contributed by atoms with Crippen LogP contribution in [0.15, 0.2) is 24.8 Å². The molecule has 4 rings (SSSR count). The first-order valence-electron chi connectivity index (χ1n) is 8.69. The Hall–Kier alpha value is -3.19. The summed E-state index contributed by atoms with van der Waals surface area (Å²) in [4.78, 5) is 12.5. The maximum atomic E-state index is 10.2. The number of anilines is 1. The fourth-order valence-electron chi connectivity index (χ4n) is 3.21. The van der Waals surface area contributed by atoms with E-state index in [4.69, 9.17) is 4.74 Å². The summed E-state index contributed by atoms with van der Waals surface area (Å²) >= 11 is 0. The predicted molar refractivity (Wildman–Crippen MR) is 97.1 cm³/mol. The van der Waals surface area contributed by atoms with Gasteiger partial charge in [0.05, 0.1) is 12.9 Å². The van der Waals surface area contributed by atoms with Gasteiger partial charge in [0.2, 0.25) is 5.75 Å². The smallest absolute Gasteiger partial charge is 0.200 e. The zero-order valence-electron chi connectivity index (χ0n) is 14.9. The summed E-state index contributed by atoms with van der Waals surface area (Å²) in [6.07, 6.45) is -1.84. The molecule has 4 atom stereocenters. The molecule has 12 heteroatoms. The normalized spacial score (nSPS) is 24.2. The van der Waals surface area contributed by atoms with Gasteiger partial charge in [0.15, 0.2) is 34.7 Å². The van der Waals surface area contributed by atoms with E-state index in [2.05, 4.69) is 20.3 Å². The van der Waals surface area contributed by atoms with Crippen LogP contribution < -0.4 is 5.32 Å². The Kier molecular flexibility index (Phi) is 4.84. The number of phenolic OH excluding ortho intramolecular Hbond substituents is 3. The molecular weight excluding hydrogens is 386 g/mol. The molecule has 1 fully saturated rings. The van der Waals surface area contributed by atoms with E-state index in [1.165, 1.54) is 29.4 Å². The van der Waals surface area contributed by atoms with E-state index in [1.807, 2.05) is 0 Å². The van der Waals surface area contributed by atoms with Crippen molar-refractivity contribution in [2.45, 2.75) is 31.1 Å². The van der Waals surface area contributed by atoms with Crippen molar-refractivity contribution in [3.05, 3.63) is 30.4 Å². The lowest BCUT2D eigenvalue weighted by molar-refractivity contribution is -0.0511. The van der Waals surface area contributed by atoms with Crippen LogP contribution in [0, 0.1) is 0 Å². The number of rotatable bonds is 5. The van der Waals surface area contributed by atoms with Crippen LogP contribution in [0.3, 0.4) is 0 Å². The summed E-state index contributed by atoms with van der Waals surface area (Å²) in [5, 5.41) is 61.4. The summed E-state index contributed by atoms with van der Waals surface area (Å²) < 4.78 is 6.93. The van der Waals surface area contributed by atoms with Crippen molar-refractivity contribution in [3.8, 4) is 17.2 Å². The third-order valence-corrected chi connectivity index (χ3v) is 4.81. The minimum Gasteiger partial charge on any atom is -0.504 e. The van der Waals surface area contributed by atoms with Crippen molar-refractivity contribution >= 4 is 17.0 Å². The van der Waals surface area contributed by atoms with Gasteiger partial charge in [0.1, 0.15) is 24.6 Å². The number of benzene rings is 1. The lowest BCUT2D eigenvalue weighted by atomic mass is 10.1. The molecule has 0 amide bonds. The summed E-state index contributed by atoms with van der Waals surface area (Å²) in [7, 11) is 0. The Morgan fingerprint density at radius 1 is 1.03 bits per heavy atom. The second-order valence-corrected chi connectivity index (χ2v) is 6.57. The predicted octanol–water partition coefficient (Wildman–Crippen LogP) is -0.833. The molecule has 1 aliphatic heterocycles. The molecule has 0 radical (unpaired) electrons. The van der Waals surface area contributed by atoms with Crippen molar-refractivity contribution in [3.63, 3.8) is 0 Å². The first-order valence-corrected chi connectivity index (χ1v) is 8.69. The van der Waals surface area contributed by atoms with Crippen LogP contribution in [0.2, 0.25) is 0 Å². The van der Waals surface area contributed by atoms with Gasteiger partial charge < -0.3 is 40.7 Å². The molecule has 3 heterocycles.